The Morgan fingerprint density at radius 1 is 1.47 bits per heavy atom. The molecule has 0 radical (unpaired) electrons. The molecule has 0 saturated carbocycles. The van der Waals surface area contributed by atoms with Gasteiger partial charge >= 0.3 is 6.18 Å². The fraction of sp³-hybridized carbons (Fsp3) is 0.500. The molecule has 17 heavy (non-hydrogen) atoms. The summed E-state index contributed by atoms with van der Waals surface area (Å²) < 4.78 is 39.5. The molecule has 94 valence electrons. The van der Waals surface area contributed by atoms with Gasteiger partial charge in [0.2, 0.25) is 0 Å². The van der Waals surface area contributed by atoms with Crippen LogP contribution in [0.2, 0.25) is 0 Å². The van der Waals surface area contributed by atoms with E-state index in [0.29, 0.717) is 18.7 Å². The van der Waals surface area contributed by atoms with Gasteiger partial charge in [-0.05, 0) is 6.07 Å². The number of rotatable bonds is 6. The van der Waals surface area contributed by atoms with E-state index in [0.717, 1.165) is 4.88 Å². The van der Waals surface area contributed by atoms with E-state index in [4.69, 9.17) is 5.26 Å². The zero-order valence-corrected chi connectivity index (χ0v) is 9.70. The van der Waals surface area contributed by atoms with Crippen molar-refractivity contribution in [2.24, 2.45) is 0 Å². The maximum atomic E-state index is 11.7. The molecule has 1 aromatic heterocycles. The number of nitrogens with one attached hydrogen (secondary N) is 1. The molecule has 0 spiro atoms. The van der Waals surface area contributed by atoms with Crippen LogP contribution in [0, 0.1) is 11.3 Å². The zero-order valence-electron chi connectivity index (χ0n) is 8.88. The fourth-order valence-corrected chi connectivity index (χ4v) is 1.86. The summed E-state index contributed by atoms with van der Waals surface area (Å²) in [7, 11) is 0. The molecule has 7 heteroatoms. The van der Waals surface area contributed by atoms with Crippen molar-refractivity contribution >= 4 is 11.3 Å². The Morgan fingerprint density at radius 2 is 2.24 bits per heavy atom. The van der Waals surface area contributed by atoms with Crippen molar-refractivity contribution in [3.63, 3.8) is 0 Å². The molecule has 0 amide bonds. The first-order valence-electron chi connectivity index (χ1n) is 4.84. The average Bonchev–Trinajstić information content (AvgIpc) is 2.69. The lowest BCUT2D eigenvalue weighted by molar-refractivity contribution is -0.173. The lowest BCUT2D eigenvalue weighted by Gasteiger charge is -2.07. The molecular weight excluding hydrogens is 253 g/mol. The van der Waals surface area contributed by atoms with Crippen molar-refractivity contribution in [1.82, 2.24) is 5.32 Å². The first kappa shape index (κ1) is 14.0. The van der Waals surface area contributed by atoms with Crippen LogP contribution < -0.4 is 5.32 Å². The number of hydrogen-bond donors (Lipinski definition) is 1. The molecule has 0 unspecified atom stereocenters. The molecule has 0 bridgehead atoms. The van der Waals surface area contributed by atoms with Gasteiger partial charge in [0, 0.05) is 23.3 Å². The van der Waals surface area contributed by atoms with Gasteiger partial charge < -0.3 is 10.1 Å². The number of nitriles is 1. The predicted octanol–water partition coefficient (Wildman–Crippen LogP) is 2.29. The molecule has 0 saturated heterocycles. The summed E-state index contributed by atoms with van der Waals surface area (Å²) >= 11 is 1.44. The summed E-state index contributed by atoms with van der Waals surface area (Å²) in [5.41, 5.74) is 0.597. The maximum Gasteiger partial charge on any atom is 0.411 e. The van der Waals surface area contributed by atoms with Gasteiger partial charge in [0.15, 0.2) is 0 Å². The molecular formula is C10H11F3N2OS. The normalized spacial score (nSPS) is 11.4. The van der Waals surface area contributed by atoms with E-state index in [1.54, 1.807) is 11.4 Å². The first-order valence-corrected chi connectivity index (χ1v) is 5.72. The van der Waals surface area contributed by atoms with E-state index in [2.05, 4.69) is 10.1 Å². The molecule has 1 heterocycles. The number of thiophene rings is 1. The first-order chi connectivity index (χ1) is 8.01. The second kappa shape index (κ2) is 6.59. The van der Waals surface area contributed by atoms with Crippen LogP contribution >= 0.6 is 11.3 Å². The maximum absolute atomic E-state index is 11.7. The quantitative estimate of drug-likeness (QED) is 0.802. The highest BCUT2D eigenvalue weighted by Crippen LogP contribution is 2.14. The van der Waals surface area contributed by atoms with Crippen molar-refractivity contribution < 1.29 is 17.9 Å². The van der Waals surface area contributed by atoms with E-state index in [9.17, 15) is 13.2 Å². The molecule has 0 aliphatic heterocycles. The average molecular weight is 264 g/mol. The second-order valence-electron chi connectivity index (χ2n) is 3.26. The van der Waals surface area contributed by atoms with Crippen LogP contribution in [-0.4, -0.2) is 25.9 Å². The van der Waals surface area contributed by atoms with Crippen molar-refractivity contribution in [2.45, 2.75) is 12.7 Å². The topological polar surface area (TPSA) is 45.0 Å². The van der Waals surface area contributed by atoms with Gasteiger partial charge in [-0.1, -0.05) is 0 Å². The Morgan fingerprint density at radius 3 is 2.82 bits per heavy atom. The third-order valence-electron chi connectivity index (χ3n) is 1.77. The highest BCUT2D eigenvalue weighted by molar-refractivity contribution is 7.10. The summed E-state index contributed by atoms with van der Waals surface area (Å²) in [4.78, 5) is 0.970. The van der Waals surface area contributed by atoms with Crippen molar-refractivity contribution in [3.05, 3.63) is 21.9 Å². The van der Waals surface area contributed by atoms with Gasteiger partial charge in [0.05, 0.1) is 12.2 Å². The monoisotopic (exact) mass is 264 g/mol. The summed E-state index contributed by atoms with van der Waals surface area (Å²) in [6.45, 7) is -0.333. The Balaban J connectivity index is 2.07. The molecule has 0 aromatic carbocycles. The predicted molar refractivity (Wildman–Crippen MR) is 57.6 cm³/mol. The van der Waals surface area contributed by atoms with Gasteiger partial charge in [0.1, 0.15) is 12.7 Å². The molecule has 1 aromatic rings. The lowest BCUT2D eigenvalue weighted by Crippen LogP contribution is -2.23. The van der Waals surface area contributed by atoms with Crippen molar-refractivity contribution in [3.8, 4) is 6.07 Å². The fourth-order valence-electron chi connectivity index (χ4n) is 1.08. The Hall–Kier alpha value is -1.10. The summed E-state index contributed by atoms with van der Waals surface area (Å²) in [5, 5.41) is 13.2. The molecule has 0 aliphatic carbocycles. The molecule has 1 N–H and O–H groups in total. The van der Waals surface area contributed by atoms with E-state index >= 15 is 0 Å². The second-order valence-corrected chi connectivity index (χ2v) is 4.25. The van der Waals surface area contributed by atoms with E-state index in [1.807, 2.05) is 6.07 Å². The van der Waals surface area contributed by atoms with Gasteiger partial charge in [-0.15, -0.1) is 11.3 Å². The molecule has 1 rings (SSSR count). The largest absolute Gasteiger partial charge is 0.411 e. The molecule has 3 nitrogen and oxygen atoms in total. The SMILES string of the molecule is N#Cc1csc(CNCCOCC(F)(F)F)c1. The molecule has 0 fully saturated rings. The van der Waals surface area contributed by atoms with Gasteiger partial charge in [-0.2, -0.15) is 18.4 Å². The molecule has 0 aliphatic rings. The van der Waals surface area contributed by atoms with Gasteiger partial charge in [-0.3, -0.25) is 0 Å². The minimum atomic E-state index is -4.27. The smallest absolute Gasteiger partial charge is 0.371 e. The van der Waals surface area contributed by atoms with Crippen LogP contribution in [0.25, 0.3) is 0 Å². The number of nitrogens with zero attached hydrogens (tertiary/aromatic N) is 1. The number of ether oxygens (including phenoxy) is 1. The van der Waals surface area contributed by atoms with E-state index < -0.39 is 12.8 Å². The van der Waals surface area contributed by atoms with Crippen LogP contribution in [0.15, 0.2) is 11.4 Å². The van der Waals surface area contributed by atoms with E-state index in [-0.39, 0.29) is 6.61 Å². The summed E-state index contributed by atoms with van der Waals surface area (Å²) in [6.07, 6.45) is -4.27. The van der Waals surface area contributed by atoms with Crippen LogP contribution in [0.5, 0.6) is 0 Å². The van der Waals surface area contributed by atoms with Crippen LogP contribution in [0.1, 0.15) is 10.4 Å². The summed E-state index contributed by atoms with van der Waals surface area (Å²) in [6, 6.07) is 3.75. The third-order valence-corrected chi connectivity index (χ3v) is 2.71. The Labute approximate surface area is 101 Å². The third kappa shape index (κ3) is 6.26. The van der Waals surface area contributed by atoms with Crippen LogP contribution in [0.4, 0.5) is 13.2 Å². The Bertz CT molecular complexity index is 384. The number of halogens is 3. The standard InChI is InChI=1S/C10H11F3N2OS/c11-10(12,13)7-16-2-1-15-5-9-3-8(4-14)6-17-9/h3,6,15H,1-2,5,7H2. The van der Waals surface area contributed by atoms with Crippen LogP contribution in [0.3, 0.4) is 0 Å². The Kier molecular flexibility index (Phi) is 5.41. The number of hydrogen-bond acceptors (Lipinski definition) is 4. The highest BCUT2D eigenvalue weighted by Gasteiger charge is 2.27. The van der Waals surface area contributed by atoms with Crippen molar-refractivity contribution in [1.29, 1.82) is 5.26 Å². The molecule has 0 atom stereocenters. The van der Waals surface area contributed by atoms with Gasteiger partial charge in [-0.25, -0.2) is 0 Å². The van der Waals surface area contributed by atoms with Crippen LogP contribution in [-0.2, 0) is 11.3 Å². The van der Waals surface area contributed by atoms with Gasteiger partial charge in [0.25, 0.3) is 0 Å². The van der Waals surface area contributed by atoms with E-state index in [1.165, 1.54) is 11.3 Å². The minimum absolute atomic E-state index is 0.00991. The number of alkyl halides is 3. The summed E-state index contributed by atoms with van der Waals surface area (Å²) in [5.74, 6) is 0. The minimum Gasteiger partial charge on any atom is -0.371 e. The zero-order chi connectivity index (χ0) is 12.7. The van der Waals surface area contributed by atoms with Crippen molar-refractivity contribution in [2.75, 3.05) is 19.8 Å². The highest BCUT2D eigenvalue weighted by atomic mass is 32.1. The lowest BCUT2D eigenvalue weighted by atomic mass is 10.3.